The van der Waals surface area contributed by atoms with Crippen LogP contribution in [0.4, 0.5) is 0 Å². The summed E-state index contributed by atoms with van der Waals surface area (Å²) in [5.74, 6) is 1.70. The zero-order valence-corrected chi connectivity index (χ0v) is 9.27. The Hall–Kier alpha value is -1.74. The van der Waals surface area contributed by atoms with Gasteiger partial charge in [-0.1, -0.05) is 12.1 Å². The van der Waals surface area contributed by atoms with Crippen molar-refractivity contribution in [3.63, 3.8) is 0 Å². The van der Waals surface area contributed by atoms with Gasteiger partial charge in [0, 0.05) is 6.54 Å². The minimum absolute atomic E-state index is 0.468. The maximum absolute atomic E-state index is 5.62. The molecule has 1 heterocycles. The minimum atomic E-state index is 0.468. The van der Waals surface area contributed by atoms with E-state index in [4.69, 9.17) is 9.15 Å². The molecule has 0 unspecified atom stereocenters. The van der Waals surface area contributed by atoms with Gasteiger partial charge in [-0.2, -0.15) is 0 Å². The summed E-state index contributed by atoms with van der Waals surface area (Å²) in [7, 11) is 1.93. The third-order valence-electron chi connectivity index (χ3n) is 2.24. The van der Waals surface area contributed by atoms with Crippen LogP contribution in [0.2, 0.25) is 0 Å². The third-order valence-corrected chi connectivity index (χ3v) is 2.24. The highest BCUT2D eigenvalue weighted by atomic mass is 16.5. The lowest BCUT2D eigenvalue weighted by Crippen LogP contribution is -2.05. The zero-order valence-electron chi connectivity index (χ0n) is 9.27. The highest BCUT2D eigenvalue weighted by molar-refractivity contribution is 5.28. The largest absolute Gasteiger partial charge is 0.486 e. The normalized spacial score (nSPS) is 10.3. The fourth-order valence-electron chi connectivity index (χ4n) is 1.50. The molecule has 0 radical (unpaired) electrons. The van der Waals surface area contributed by atoms with Gasteiger partial charge in [-0.05, 0) is 36.9 Å². The van der Waals surface area contributed by atoms with Gasteiger partial charge in [0.05, 0.1) is 6.26 Å². The van der Waals surface area contributed by atoms with Crippen LogP contribution in [0.1, 0.15) is 11.3 Å². The molecular formula is C13H15NO2. The van der Waals surface area contributed by atoms with Crippen LogP contribution in [0.3, 0.4) is 0 Å². The van der Waals surface area contributed by atoms with Crippen LogP contribution in [0.25, 0.3) is 0 Å². The Morgan fingerprint density at radius 1 is 1.25 bits per heavy atom. The van der Waals surface area contributed by atoms with Gasteiger partial charge in [0.1, 0.15) is 18.1 Å². The summed E-state index contributed by atoms with van der Waals surface area (Å²) in [4.78, 5) is 0. The lowest BCUT2D eigenvalue weighted by Gasteiger charge is -2.06. The fourth-order valence-corrected chi connectivity index (χ4v) is 1.50. The van der Waals surface area contributed by atoms with Crippen LogP contribution in [-0.4, -0.2) is 7.05 Å². The maximum atomic E-state index is 5.62. The molecule has 1 N–H and O–H groups in total. The number of benzene rings is 1. The molecule has 0 aliphatic heterocycles. The van der Waals surface area contributed by atoms with Crippen LogP contribution in [0.15, 0.2) is 47.1 Å². The fraction of sp³-hybridized carbons (Fsp3) is 0.231. The van der Waals surface area contributed by atoms with Crippen molar-refractivity contribution in [3.05, 3.63) is 54.0 Å². The van der Waals surface area contributed by atoms with Crippen molar-refractivity contribution in [2.75, 3.05) is 7.05 Å². The van der Waals surface area contributed by atoms with Gasteiger partial charge in [0.25, 0.3) is 0 Å². The number of hydrogen-bond donors (Lipinski definition) is 1. The average Bonchev–Trinajstić information content (AvgIpc) is 2.80. The molecule has 0 amide bonds. The van der Waals surface area contributed by atoms with Crippen LogP contribution in [0.5, 0.6) is 5.75 Å². The molecule has 3 nitrogen and oxygen atoms in total. The monoisotopic (exact) mass is 217 g/mol. The number of furan rings is 1. The lowest BCUT2D eigenvalue weighted by molar-refractivity contribution is 0.270. The van der Waals surface area contributed by atoms with E-state index in [-0.39, 0.29) is 0 Å². The first-order chi connectivity index (χ1) is 7.88. The zero-order chi connectivity index (χ0) is 11.2. The Balaban J connectivity index is 1.96. The molecule has 0 spiro atoms. The van der Waals surface area contributed by atoms with E-state index in [0.29, 0.717) is 6.61 Å². The Kier molecular flexibility index (Phi) is 3.62. The summed E-state index contributed by atoms with van der Waals surface area (Å²) in [6.07, 6.45) is 1.65. The Morgan fingerprint density at radius 2 is 2.19 bits per heavy atom. The smallest absolute Gasteiger partial charge is 0.146 e. The third kappa shape index (κ3) is 2.87. The summed E-state index contributed by atoms with van der Waals surface area (Å²) in [6.45, 7) is 1.31. The van der Waals surface area contributed by atoms with Crippen molar-refractivity contribution in [2.45, 2.75) is 13.2 Å². The van der Waals surface area contributed by atoms with Crippen LogP contribution in [-0.2, 0) is 13.2 Å². The Morgan fingerprint density at radius 3 is 2.94 bits per heavy atom. The molecule has 16 heavy (non-hydrogen) atoms. The van der Waals surface area contributed by atoms with Crippen molar-refractivity contribution >= 4 is 0 Å². The van der Waals surface area contributed by atoms with E-state index in [9.17, 15) is 0 Å². The van der Waals surface area contributed by atoms with Gasteiger partial charge in [0.2, 0.25) is 0 Å². The van der Waals surface area contributed by atoms with E-state index in [0.717, 1.165) is 18.1 Å². The molecule has 0 saturated carbocycles. The Bertz CT molecular complexity index is 423. The number of hydrogen-bond acceptors (Lipinski definition) is 3. The summed E-state index contributed by atoms with van der Waals surface area (Å²) in [6, 6.07) is 11.8. The van der Waals surface area contributed by atoms with E-state index >= 15 is 0 Å². The highest BCUT2D eigenvalue weighted by Crippen LogP contribution is 2.15. The van der Waals surface area contributed by atoms with E-state index in [1.807, 2.05) is 37.4 Å². The second-order valence-corrected chi connectivity index (χ2v) is 3.55. The van der Waals surface area contributed by atoms with Gasteiger partial charge in [-0.15, -0.1) is 0 Å². The van der Waals surface area contributed by atoms with E-state index in [1.165, 1.54) is 5.56 Å². The van der Waals surface area contributed by atoms with Crippen molar-refractivity contribution in [3.8, 4) is 5.75 Å². The van der Waals surface area contributed by atoms with Crippen molar-refractivity contribution in [1.29, 1.82) is 0 Å². The summed E-state index contributed by atoms with van der Waals surface area (Å²) in [5.41, 5.74) is 1.21. The first kappa shape index (κ1) is 10.8. The lowest BCUT2D eigenvalue weighted by atomic mass is 10.2. The average molecular weight is 217 g/mol. The molecule has 3 heteroatoms. The highest BCUT2D eigenvalue weighted by Gasteiger charge is 1.99. The second kappa shape index (κ2) is 5.37. The first-order valence-corrected chi connectivity index (χ1v) is 5.27. The minimum Gasteiger partial charge on any atom is -0.486 e. The molecule has 2 aromatic rings. The molecule has 0 atom stereocenters. The number of rotatable bonds is 5. The molecule has 2 rings (SSSR count). The molecule has 1 aromatic carbocycles. The summed E-state index contributed by atoms with van der Waals surface area (Å²) >= 11 is 0. The molecule has 0 bridgehead atoms. The number of ether oxygens (including phenoxy) is 1. The quantitative estimate of drug-likeness (QED) is 0.835. The Labute approximate surface area is 95.0 Å². The summed E-state index contributed by atoms with van der Waals surface area (Å²) < 4.78 is 10.8. The first-order valence-electron chi connectivity index (χ1n) is 5.27. The van der Waals surface area contributed by atoms with Crippen molar-refractivity contribution in [1.82, 2.24) is 5.32 Å². The standard InChI is InChI=1S/C13H15NO2/c1-14-9-11-4-2-5-12(8-11)16-10-13-6-3-7-15-13/h2-8,14H,9-10H2,1H3. The van der Waals surface area contributed by atoms with E-state index in [2.05, 4.69) is 11.4 Å². The van der Waals surface area contributed by atoms with Crippen molar-refractivity contribution < 1.29 is 9.15 Å². The van der Waals surface area contributed by atoms with Gasteiger partial charge in [-0.25, -0.2) is 0 Å². The molecule has 0 saturated heterocycles. The van der Waals surface area contributed by atoms with Crippen LogP contribution >= 0.6 is 0 Å². The molecule has 84 valence electrons. The van der Waals surface area contributed by atoms with Gasteiger partial charge in [-0.3, -0.25) is 0 Å². The SMILES string of the molecule is CNCc1cccc(OCc2ccco2)c1. The van der Waals surface area contributed by atoms with Gasteiger partial charge in [0.15, 0.2) is 0 Å². The van der Waals surface area contributed by atoms with E-state index < -0.39 is 0 Å². The van der Waals surface area contributed by atoms with Crippen LogP contribution < -0.4 is 10.1 Å². The molecule has 0 fully saturated rings. The molecule has 0 aliphatic carbocycles. The topological polar surface area (TPSA) is 34.4 Å². The van der Waals surface area contributed by atoms with Crippen LogP contribution in [0, 0.1) is 0 Å². The van der Waals surface area contributed by atoms with E-state index in [1.54, 1.807) is 6.26 Å². The predicted molar refractivity (Wildman–Crippen MR) is 62.2 cm³/mol. The molecular weight excluding hydrogens is 202 g/mol. The molecule has 1 aromatic heterocycles. The van der Waals surface area contributed by atoms with Gasteiger partial charge >= 0.3 is 0 Å². The summed E-state index contributed by atoms with van der Waals surface area (Å²) in [5, 5.41) is 3.11. The predicted octanol–water partition coefficient (Wildman–Crippen LogP) is 2.58. The number of nitrogens with one attached hydrogen (secondary N) is 1. The van der Waals surface area contributed by atoms with Gasteiger partial charge < -0.3 is 14.5 Å². The second-order valence-electron chi connectivity index (χ2n) is 3.55. The molecule has 0 aliphatic rings. The van der Waals surface area contributed by atoms with Crippen molar-refractivity contribution in [2.24, 2.45) is 0 Å². The maximum Gasteiger partial charge on any atom is 0.146 e.